The SMILES string of the molecule is CC(C)Cn1cc(C(CNS(=O)O)C2CC2)c2ccc(-c3ccncc3)cc21. The van der Waals surface area contributed by atoms with Gasteiger partial charge < -0.3 is 4.57 Å². The third kappa shape index (κ3) is 4.19. The van der Waals surface area contributed by atoms with E-state index in [1.807, 2.05) is 24.5 Å². The van der Waals surface area contributed by atoms with Gasteiger partial charge >= 0.3 is 0 Å². The Balaban J connectivity index is 1.79. The number of nitrogens with one attached hydrogen (secondary N) is 1. The van der Waals surface area contributed by atoms with Gasteiger partial charge in [-0.25, -0.2) is 8.93 Å². The third-order valence-corrected chi connectivity index (χ3v) is 5.92. The smallest absolute Gasteiger partial charge is 0.231 e. The van der Waals surface area contributed by atoms with Crippen molar-refractivity contribution in [3.05, 3.63) is 54.5 Å². The molecule has 0 saturated heterocycles. The quantitative estimate of drug-likeness (QED) is 0.547. The molecule has 2 atom stereocenters. The summed E-state index contributed by atoms with van der Waals surface area (Å²) in [5, 5.41) is 1.25. The van der Waals surface area contributed by atoms with Crippen LogP contribution < -0.4 is 4.72 Å². The Hall–Kier alpha value is -2.02. The van der Waals surface area contributed by atoms with Crippen LogP contribution in [0.25, 0.3) is 22.0 Å². The third-order valence-electron chi connectivity index (χ3n) is 5.51. The molecule has 0 bridgehead atoms. The monoisotopic (exact) mass is 397 g/mol. The minimum atomic E-state index is -1.98. The molecule has 2 heterocycles. The fourth-order valence-electron chi connectivity index (χ4n) is 4.07. The lowest BCUT2D eigenvalue weighted by Crippen LogP contribution is -2.24. The van der Waals surface area contributed by atoms with E-state index in [-0.39, 0.29) is 5.92 Å². The van der Waals surface area contributed by atoms with Crippen molar-refractivity contribution in [3.8, 4) is 11.1 Å². The predicted molar refractivity (Wildman–Crippen MR) is 114 cm³/mol. The molecule has 1 fully saturated rings. The molecule has 1 aromatic carbocycles. The molecule has 28 heavy (non-hydrogen) atoms. The highest BCUT2D eigenvalue weighted by Gasteiger charge is 2.34. The number of nitrogens with zero attached hydrogens (tertiary/aromatic N) is 2. The maximum atomic E-state index is 11.2. The minimum Gasteiger partial charge on any atom is -0.347 e. The lowest BCUT2D eigenvalue weighted by Gasteiger charge is -2.15. The maximum absolute atomic E-state index is 11.2. The second kappa shape index (κ2) is 8.15. The normalized spacial score (nSPS) is 16.6. The number of hydrogen-bond donors (Lipinski definition) is 2. The molecule has 3 aromatic rings. The van der Waals surface area contributed by atoms with Crippen LogP contribution >= 0.6 is 0 Å². The van der Waals surface area contributed by atoms with Gasteiger partial charge in [0.2, 0.25) is 11.3 Å². The number of rotatable bonds is 8. The van der Waals surface area contributed by atoms with E-state index in [1.54, 1.807) is 0 Å². The maximum Gasteiger partial charge on any atom is 0.231 e. The van der Waals surface area contributed by atoms with E-state index in [2.05, 4.69) is 52.5 Å². The molecule has 0 aliphatic heterocycles. The fourth-order valence-corrected chi connectivity index (χ4v) is 4.40. The summed E-state index contributed by atoms with van der Waals surface area (Å²) in [6, 6.07) is 10.7. The summed E-state index contributed by atoms with van der Waals surface area (Å²) in [5.41, 5.74) is 4.86. The average Bonchev–Trinajstić information content (AvgIpc) is 3.46. The van der Waals surface area contributed by atoms with Gasteiger partial charge in [0, 0.05) is 48.5 Å². The zero-order valence-corrected chi connectivity index (χ0v) is 17.2. The molecular weight excluding hydrogens is 370 g/mol. The van der Waals surface area contributed by atoms with E-state index in [4.69, 9.17) is 0 Å². The molecule has 5 nitrogen and oxygen atoms in total. The van der Waals surface area contributed by atoms with Crippen molar-refractivity contribution in [2.75, 3.05) is 6.54 Å². The first-order chi connectivity index (χ1) is 13.5. The van der Waals surface area contributed by atoms with Crippen LogP contribution in [0.1, 0.15) is 38.2 Å². The van der Waals surface area contributed by atoms with Crippen LogP contribution in [0.5, 0.6) is 0 Å². The zero-order chi connectivity index (χ0) is 19.7. The Morgan fingerprint density at radius 2 is 1.96 bits per heavy atom. The second-order valence-corrected chi connectivity index (χ2v) is 8.93. The minimum absolute atomic E-state index is 0.263. The van der Waals surface area contributed by atoms with Crippen molar-refractivity contribution in [2.45, 2.75) is 39.2 Å². The molecule has 0 amide bonds. The number of benzene rings is 1. The molecule has 1 aliphatic carbocycles. The Morgan fingerprint density at radius 3 is 2.61 bits per heavy atom. The van der Waals surface area contributed by atoms with E-state index in [0.717, 1.165) is 12.1 Å². The standard InChI is InChI=1S/C22H27N3O2S/c1-15(2)13-25-14-21(20(17-3-4-17)12-24-28(26)27)19-6-5-18(11-22(19)25)16-7-9-23-10-8-16/h5-11,14-15,17,20,24H,3-4,12-13H2,1-2H3,(H,26,27). The van der Waals surface area contributed by atoms with E-state index in [1.165, 1.54) is 34.9 Å². The molecular formula is C22H27N3O2S. The van der Waals surface area contributed by atoms with Crippen LogP contribution in [0, 0.1) is 11.8 Å². The Labute approximate surface area is 168 Å². The highest BCUT2D eigenvalue weighted by atomic mass is 32.2. The van der Waals surface area contributed by atoms with E-state index < -0.39 is 11.3 Å². The predicted octanol–water partition coefficient (Wildman–Crippen LogP) is 4.58. The summed E-state index contributed by atoms with van der Waals surface area (Å²) >= 11 is -1.98. The molecule has 1 aliphatic rings. The van der Waals surface area contributed by atoms with Crippen molar-refractivity contribution >= 4 is 22.2 Å². The second-order valence-electron chi connectivity index (χ2n) is 8.14. The molecule has 2 aromatic heterocycles. The summed E-state index contributed by atoms with van der Waals surface area (Å²) in [6.07, 6.45) is 8.29. The van der Waals surface area contributed by atoms with Crippen LogP contribution in [0.2, 0.25) is 0 Å². The van der Waals surface area contributed by atoms with Crippen LogP contribution in [0.3, 0.4) is 0 Å². The molecule has 0 spiro atoms. The number of pyridine rings is 1. The highest BCUT2D eigenvalue weighted by Crippen LogP contribution is 2.45. The van der Waals surface area contributed by atoms with Gasteiger partial charge in [-0.05, 0) is 59.6 Å². The molecule has 148 valence electrons. The summed E-state index contributed by atoms with van der Waals surface area (Å²) in [4.78, 5) is 4.12. The van der Waals surface area contributed by atoms with Gasteiger partial charge in [0.25, 0.3) is 0 Å². The van der Waals surface area contributed by atoms with Crippen LogP contribution in [0.15, 0.2) is 48.9 Å². The van der Waals surface area contributed by atoms with Crippen molar-refractivity contribution in [3.63, 3.8) is 0 Å². The topological polar surface area (TPSA) is 67.2 Å². The summed E-state index contributed by atoms with van der Waals surface area (Å²) in [7, 11) is 0. The van der Waals surface area contributed by atoms with Crippen molar-refractivity contribution < 1.29 is 8.76 Å². The average molecular weight is 398 g/mol. The van der Waals surface area contributed by atoms with Crippen LogP contribution in [0.4, 0.5) is 0 Å². The van der Waals surface area contributed by atoms with Crippen molar-refractivity contribution in [2.24, 2.45) is 11.8 Å². The van der Waals surface area contributed by atoms with Crippen LogP contribution in [-0.4, -0.2) is 24.9 Å². The summed E-state index contributed by atoms with van der Waals surface area (Å²) < 4.78 is 25.5. The first-order valence-corrected chi connectivity index (χ1v) is 11.0. The van der Waals surface area contributed by atoms with Gasteiger partial charge in [-0.2, -0.15) is 0 Å². The van der Waals surface area contributed by atoms with Gasteiger partial charge in [-0.1, -0.05) is 26.0 Å². The number of aromatic nitrogens is 2. The van der Waals surface area contributed by atoms with E-state index in [9.17, 15) is 8.76 Å². The largest absolute Gasteiger partial charge is 0.347 e. The lowest BCUT2D eigenvalue weighted by molar-refractivity contribution is 0.522. The fraction of sp³-hybridized carbons (Fsp3) is 0.409. The van der Waals surface area contributed by atoms with Crippen molar-refractivity contribution in [1.29, 1.82) is 0 Å². The molecule has 1 saturated carbocycles. The molecule has 0 radical (unpaired) electrons. The molecule has 2 N–H and O–H groups in total. The Morgan fingerprint density at radius 1 is 1.21 bits per heavy atom. The van der Waals surface area contributed by atoms with E-state index in [0.29, 0.717) is 18.4 Å². The first-order valence-electron chi connectivity index (χ1n) is 9.90. The van der Waals surface area contributed by atoms with Gasteiger partial charge in [-0.15, -0.1) is 0 Å². The molecule has 4 rings (SSSR count). The van der Waals surface area contributed by atoms with Crippen LogP contribution in [-0.2, 0) is 17.8 Å². The first kappa shape index (κ1) is 19.3. The number of fused-ring (bicyclic) bond motifs is 1. The van der Waals surface area contributed by atoms with E-state index >= 15 is 0 Å². The summed E-state index contributed by atoms with van der Waals surface area (Å²) in [5.74, 6) is 1.39. The lowest BCUT2D eigenvalue weighted by atomic mass is 9.93. The molecule has 2 unspecified atom stereocenters. The van der Waals surface area contributed by atoms with Gasteiger partial charge in [-0.3, -0.25) is 9.54 Å². The van der Waals surface area contributed by atoms with Gasteiger partial charge in [0.15, 0.2) is 0 Å². The van der Waals surface area contributed by atoms with Gasteiger partial charge in [0.05, 0.1) is 0 Å². The highest BCUT2D eigenvalue weighted by molar-refractivity contribution is 7.77. The zero-order valence-electron chi connectivity index (χ0n) is 16.3. The van der Waals surface area contributed by atoms with Gasteiger partial charge in [0.1, 0.15) is 0 Å². The Kier molecular flexibility index (Phi) is 5.62. The van der Waals surface area contributed by atoms with Crippen molar-refractivity contribution in [1.82, 2.24) is 14.3 Å². The number of hydrogen-bond acceptors (Lipinski definition) is 2. The summed E-state index contributed by atoms with van der Waals surface area (Å²) in [6.45, 7) is 5.94. The molecule has 6 heteroatoms. The Bertz CT molecular complexity index is 980.